The predicted octanol–water partition coefficient (Wildman–Crippen LogP) is 5.24. The zero-order valence-corrected chi connectivity index (χ0v) is 32.0. The van der Waals surface area contributed by atoms with Gasteiger partial charge in [-0.3, -0.25) is 19.2 Å². The minimum absolute atomic E-state index is 0.0825. The van der Waals surface area contributed by atoms with E-state index >= 15 is 0 Å². The summed E-state index contributed by atoms with van der Waals surface area (Å²) in [5.41, 5.74) is 2.02. The number of benzene rings is 1. The Hall–Kier alpha value is -3.69. The average Bonchev–Trinajstić information content (AvgIpc) is 3.86. The van der Waals surface area contributed by atoms with Gasteiger partial charge in [0.05, 0.1) is 6.04 Å². The van der Waals surface area contributed by atoms with Crippen LogP contribution in [0.15, 0.2) is 36.9 Å². The third-order valence-corrected chi connectivity index (χ3v) is 12.9. The number of hydrogen-bond donors (Lipinski definition) is 4. The van der Waals surface area contributed by atoms with E-state index < -0.39 is 35.7 Å². The second-order valence-corrected chi connectivity index (χ2v) is 18.4. The Morgan fingerprint density at radius 2 is 1.63 bits per heavy atom. The normalized spacial score (nSPS) is 25.6. The molecule has 10 nitrogen and oxygen atoms in total. The molecule has 4 fully saturated rings. The lowest BCUT2D eigenvalue weighted by molar-refractivity contribution is -0.144. The molecule has 284 valence electrons. The summed E-state index contributed by atoms with van der Waals surface area (Å²) in [5, 5.41) is 12.1. The molecule has 4 N–H and O–H groups in total. The number of carbonyl (C=O) groups is 5. The van der Waals surface area contributed by atoms with Crippen molar-refractivity contribution in [3.8, 4) is 0 Å². The summed E-state index contributed by atoms with van der Waals surface area (Å²) in [6.07, 6.45) is 12.1. The van der Waals surface area contributed by atoms with Gasteiger partial charge < -0.3 is 26.2 Å². The standard InChI is InChI=1S/C42H61N5O5/c1-7-21-43-37(50)35(48)31(22-26-15-16-26)44-36(49)34-32-30(41(32,5)6)25-47(34)38(51)33(29-23-27-13-9-10-14-28(27)24-29)45-39(52)46-42(17-11-8-12-18-42)20-19-40(2,3)4/h7,9-10,13-14,26,29-34H,1,8,11-12,15-25H2,2-6H3,(H,43,50)(H,44,49)(H2,45,46,52)/t30?,31?,32-,33-,34-/m0/s1. The van der Waals surface area contributed by atoms with E-state index in [2.05, 4.69) is 74.6 Å². The third-order valence-electron chi connectivity index (χ3n) is 12.9. The zero-order valence-electron chi connectivity index (χ0n) is 32.0. The monoisotopic (exact) mass is 715 g/mol. The lowest BCUT2D eigenvalue weighted by Crippen LogP contribution is -2.62. The van der Waals surface area contributed by atoms with Crippen LogP contribution in [-0.4, -0.2) is 71.2 Å². The van der Waals surface area contributed by atoms with Crippen molar-refractivity contribution in [3.05, 3.63) is 48.0 Å². The maximum absolute atomic E-state index is 14.9. The molecule has 10 heteroatoms. The van der Waals surface area contributed by atoms with Gasteiger partial charge in [-0.2, -0.15) is 0 Å². The highest BCUT2D eigenvalue weighted by Crippen LogP contribution is 2.65. The number of nitrogens with zero attached hydrogens (tertiary/aromatic N) is 1. The van der Waals surface area contributed by atoms with Crippen molar-refractivity contribution in [2.45, 2.75) is 135 Å². The number of urea groups is 1. The lowest BCUT2D eigenvalue weighted by Gasteiger charge is -2.41. The van der Waals surface area contributed by atoms with E-state index in [9.17, 15) is 24.0 Å². The second-order valence-electron chi connectivity index (χ2n) is 18.4. The minimum atomic E-state index is -0.966. The molecule has 1 aliphatic heterocycles. The van der Waals surface area contributed by atoms with Crippen LogP contribution < -0.4 is 21.3 Å². The molecule has 4 aliphatic carbocycles. The molecule has 5 atom stereocenters. The number of nitrogens with one attached hydrogen (secondary N) is 4. The highest BCUT2D eigenvalue weighted by atomic mass is 16.2. The molecule has 0 spiro atoms. The van der Waals surface area contributed by atoms with Gasteiger partial charge in [-0.25, -0.2) is 4.79 Å². The Balaban J connectivity index is 1.24. The van der Waals surface area contributed by atoms with Gasteiger partial charge in [-0.1, -0.05) is 97.1 Å². The van der Waals surface area contributed by atoms with E-state index in [0.717, 1.165) is 57.8 Å². The van der Waals surface area contributed by atoms with Crippen molar-refractivity contribution in [3.63, 3.8) is 0 Å². The quantitative estimate of drug-likeness (QED) is 0.154. The van der Waals surface area contributed by atoms with Crippen LogP contribution in [0, 0.1) is 34.5 Å². The first-order chi connectivity index (χ1) is 24.6. The smallest absolute Gasteiger partial charge is 0.315 e. The number of fused-ring (bicyclic) bond motifs is 2. The van der Waals surface area contributed by atoms with Crippen molar-refractivity contribution < 1.29 is 24.0 Å². The van der Waals surface area contributed by atoms with Crippen molar-refractivity contribution in [2.75, 3.05) is 13.1 Å². The summed E-state index contributed by atoms with van der Waals surface area (Å²) in [4.78, 5) is 71.1. The van der Waals surface area contributed by atoms with Crippen LogP contribution in [0.4, 0.5) is 4.79 Å². The zero-order chi connectivity index (χ0) is 37.4. The average molecular weight is 716 g/mol. The summed E-state index contributed by atoms with van der Waals surface area (Å²) >= 11 is 0. The van der Waals surface area contributed by atoms with E-state index in [1.165, 1.54) is 17.2 Å². The van der Waals surface area contributed by atoms with Gasteiger partial charge in [-0.15, -0.1) is 6.58 Å². The Morgan fingerprint density at radius 3 is 2.23 bits per heavy atom. The van der Waals surface area contributed by atoms with Crippen LogP contribution in [0.3, 0.4) is 0 Å². The molecule has 0 radical (unpaired) electrons. The summed E-state index contributed by atoms with van der Waals surface area (Å²) in [7, 11) is 0. The largest absolute Gasteiger partial charge is 0.346 e. The second kappa shape index (κ2) is 15.0. The Morgan fingerprint density at radius 1 is 0.981 bits per heavy atom. The molecule has 1 aromatic carbocycles. The Bertz CT molecular complexity index is 1530. The van der Waals surface area contributed by atoms with Crippen LogP contribution >= 0.6 is 0 Å². The molecule has 1 saturated heterocycles. The molecule has 1 heterocycles. The first kappa shape index (κ1) is 38.0. The first-order valence-electron chi connectivity index (χ1n) is 19.8. The molecule has 0 aromatic heterocycles. The van der Waals surface area contributed by atoms with Crippen molar-refractivity contribution >= 4 is 29.5 Å². The molecule has 6 rings (SSSR count). The molecule has 0 bridgehead atoms. The lowest BCUT2D eigenvalue weighted by atomic mass is 9.75. The van der Waals surface area contributed by atoms with Crippen molar-refractivity contribution in [2.24, 2.45) is 34.5 Å². The van der Waals surface area contributed by atoms with Gasteiger partial charge in [-0.05, 0) is 90.6 Å². The molecular formula is C42H61N5O5. The summed E-state index contributed by atoms with van der Waals surface area (Å²) < 4.78 is 0. The topological polar surface area (TPSA) is 137 Å². The number of likely N-dealkylation sites (tertiary alicyclic amines) is 1. The van der Waals surface area contributed by atoms with Crippen LogP contribution in [0.5, 0.6) is 0 Å². The van der Waals surface area contributed by atoms with E-state index in [-0.39, 0.29) is 58.5 Å². The summed E-state index contributed by atoms with van der Waals surface area (Å²) in [5.74, 6) is -1.92. The summed E-state index contributed by atoms with van der Waals surface area (Å²) in [6, 6.07) is 5.27. The molecule has 5 amide bonds. The Kier molecular flexibility index (Phi) is 11.0. The maximum atomic E-state index is 14.9. The van der Waals surface area contributed by atoms with E-state index in [1.807, 2.05) is 12.1 Å². The van der Waals surface area contributed by atoms with Gasteiger partial charge in [0.1, 0.15) is 12.1 Å². The number of amides is 5. The SMILES string of the molecule is C=CCNC(=O)C(=O)C(CC1CC1)NC(=O)[C@@H]1[C@@H]2C(CN1C(=O)[C@@H](NC(=O)NC1(CCC(C)(C)C)CCCCC1)C1Cc3ccccc3C1)C2(C)C. The predicted molar refractivity (Wildman–Crippen MR) is 201 cm³/mol. The van der Waals surface area contributed by atoms with Crippen LogP contribution in [0.2, 0.25) is 0 Å². The Labute approximate surface area is 310 Å². The first-order valence-corrected chi connectivity index (χ1v) is 19.8. The summed E-state index contributed by atoms with van der Waals surface area (Å²) in [6.45, 7) is 15.1. The number of hydrogen-bond acceptors (Lipinski definition) is 5. The van der Waals surface area contributed by atoms with Gasteiger partial charge in [0.2, 0.25) is 17.6 Å². The fourth-order valence-electron chi connectivity index (χ4n) is 9.49. The van der Waals surface area contributed by atoms with Gasteiger partial charge >= 0.3 is 6.03 Å². The van der Waals surface area contributed by atoms with Gasteiger partial charge in [0.15, 0.2) is 0 Å². The van der Waals surface area contributed by atoms with Crippen LogP contribution in [0.25, 0.3) is 0 Å². The maximum Gasteiger partial charge on any atom is 0.315 e. The van der Waals surface area contributed by atoms with Crippen LogP contribution in [-0.2, 0) is 32.0 Å². The van der Waals surface area contributed by atoms with E-state index in [0.29, 0.717) is 25.8 Å². The molecule has 52 heavy (non-hydrogen) atoms. The van der Waals surface area contributed by atoms with Crippen molar-refractivity contribution in [1.82, 2.24) is 26.2 Å². The highest BCUT2D eigenvalue weighted by Gasteiger charge is 2.70. The highest BCUT2D eigenvalue weighted by molar-refractivity contribution is 6.38. The number of rotatable bonds is 14. The third kappa shape index (κ3) is 8.41. The van der Waals surface area contributed by atoms with Crippen molar-refractivity contribution in [1.29, 1.82) is 0 Å². The minimum Gasteiger partial charge on any atom is -0.346 e. The van der Waals surface area contributed by atoms with E-state index in [4.69, 9.17) is 0 Å². The number of carbonyl (C=O) groups excluding carboxylic acids is 5. The number of piperidine rings is 1. The van der Waals surface area contributed by atoms with Gasteiger partial charge in [0.25, 0.3) is 5.91 Å². The molecule has 2 unspecified atom stereocenters. The molecule has 1 aromatic rings. The fraction of sp³-hybridized carbons (Fsp3) is 0.690. The fourth-order valence-corrected chi connectivity index (χ4v) is 9.49. The molecule has 3 saturated carbocycles. The molecule has 5 aliphatic rings. The number of Topliss-reactive ketones (excluding diaryl/α,β-unsaturated/α-hetero) is 1. The van der Waals surface area contributed by atoms with Crippen LogP contribution in [0.1, 0.15) is 110 Å². The number of ketones is 1. The van der Waals surface area contributed by atoms with Gasteiger partial charge in [0, 0.05) is 18.6 Å². The molecular weight excluding hydrogens is 654 g/mol. The van der Waals surface area contributed by atoms with E-state index in [1.54, 1.807) is 4.90 Å².